The molecule has 0 spiro atoms. The van der Waals surface area contributed by atoms with Crippen molar-refractivity contribution < 1.29 is 9.53 Å². The average Bonchev–Trinajstić information content (AvgIpc) is 2.63. The van der Waals surface area contributed by atoms with Crippen molar-refractivity contribution in [2.75, 3.05) is 43.5 Å². The molecule has 0 saturated carbocycles. The lowest BCUT2D eigenvalue weighted by atomic mass is 10.2. The predicted molar refractivity (Wildman–Crippen MR) is 96.1 cm³/mol. The summed E-state index contributed by atoms with van der Waals surface area (Å²) in [5.41, 5.74) is 3.01. The maximum Gasteiger partial charge on any atom is 0.243 e. The van der Waals surface area contributed by atoms with Crippen molar-refractivity contribution >= 4 is 17.3 Å². The molecule has 1 aliphatic heterocycles. The number of benzene rings is 2. The summed E-state index contributed by atoms with van der Waals surface area (Å²) in [7, 11) is 0. The lowest BCUT2D eigenvalue weighted by molar-refractivity contribution is -0.114. The number of ether oxygens (including phenoxy) is 1. The van der Waals surface area contributed by atoms with Crippen LogP contribution < -0.4 is 10.6 Å². The van der Waals surface area contributed by atoms with Crippen LogP contribution in [0.1, 0.15) is 5.56 Å². The fourth-order valence-corrected chi connectivity index (χ4v) is 2.65. The first kappa shape index (κ1) is 16.5. The average molecular weight is 325 g/mol. The highest BCUT2D eigenvalue weighted by Gasteiger charge is 2.10. The zero-order valence-electron chi connectivity index (χ0n) is 13.7. The second-order valence-corrected chi connectivity index (χ2v) is 5.85. The van der Waals surface area contributed by atoms with Crippen LogP contribution in [0.15, 0.2) is 54.6 Å². The summed E-state index contributed by atoms with van der Waals surface area (Å²) in [6.07, 6.45) is 0. The molecule has 126 valence electrons. The summed E-state index contributed by atoms with van der Waals surface area (Å²) < 4.78 is 5.36. The van der Waals surface area contributed by atoms with Crippen LogP contribution in [0.25, 0.3) is 0 Å². The number of rotatable bonds is 6. The molecule has 1 saturated heterocycles. The molecule has 0 unspecified atom stereocenters. The molecular formula is C19H23N3O2. The van der Waals surface area contributed by atoms with E-state index >= 15 is 0 Å². The molecule has 0 aromatic heterocycles. The quantitative estimate of drug-likeness (QED) is 0.857. The molecule has 2 aromatic rings. The highest BCUT2D eigenvalue weighted by atomic mass is 16.5. The third kappa shape index (κ3) is 5.08. The monoisotopic (exact) mass is 325 g/mol. The van der Waals surface area contributed by atoms with Gasteiger partial charge in [0, 0.05) is 31.0 Å². The normalized spacial score (nSPS) is 15.0. The predicted octanol–water partition coefficient (Wildman–Crippen LogP) is 2.57. The van der Waals surface area contributed by atoms with Gasteiger partial charge in [-0.1, -0.05) is 30.3 Å². The fraction of sp³-hybridized carbons (Fsp3) is 0.316. The van der Waals surface area contributed by atoms with Gasteiger partial charge in [-0.2, -0.15) is 0 Å². The van der Waals surface area contributed by atoms with E-state index in [9.17, 15) is 4.79 Å². The summed E-state index contributed by atoms with van der Waals surface area (Å²) in [5, 5.41) is 6.01. The highest BCUT2D eigenvalue weighted by molar-refractivity contribution is 5.93. The summed E-state index contributed by atoms with van der Waals surface area (Å²) in [6.45, 7) is 4.74. The molecule has 2 aromatic carbocycles. The van der Waals surface area contributed by atoms with Gasteiger partial charge in [-0.15, -0.1) is 0 Å². The van der Waals surface area contributed by atoms with Gasteiger partial charge in [-0.05, 0) is 29.8 Å². The highest BCUT2D eigenvalue weighted by Crippen LogP contribution is 2.12. The van der Waals surface area contributed by atoms with Gasteiger partial charge in [0.2, 0.25) is 5.91 Å². The molecule has 1 heterocycles. The number of morpholine rings is 1. The van der Waals surface area contributed by atoms with E-state index in [4.69, 9.17) is 4.74 Å². The van der Waals surface area contributed by atoms with Gasteiger partial charge >= 0.3 is 0 Å². The lowest BCUT2D eigenvalue weighted by Crippen LogP contribution is -2.35. The molecule has 2 N–H and O–H groups in total. The summed E-state index contributed by atoms with van der Waals surface area (Å²) in [6, 6.07) is 17.7. The topological polar surface area (TPSA) is 53.6 Å². The van der Waals surface area contributed by atoms with E-state index in [1.54, 1.807) is 0 Å². The largest absolute Gasteiger partial charge is 0.379 e. The van der Waals surface area contributed by atoms with Crippen molar-refractivity contribution in [3.05, 3.63) is 60.2 Å². The molecule has 3 rings (SSSR count). The van der Waals surface area contributed by atoms with Crippen LogP contribution in [0, 0.1) is 0 Å². The Labute approximate surface area is 142 Å². The molecule has 0 aliphatic carbocycles. The van der Waals surface area contributed by atoms with Gasteiger partial charge < -0.3 is 15.4 Å². The van der Waals surface area contributed by atoms with Crippen molar-refractivity contribution in [1.29, 1.82) is 0 Å². The number of nitrogens with zero attached hydrogens (tertiary/aromatic N) is 1. The standard InChI is InChI=1S/C19H23N3O2/c23-19(14-20-17-4-2-1-3-5-17)21-18-8-6-16(7-9-18)15-22-10-12-24-13-11-22/h1-9,20H,10-15H2,(H,21,23). The maximum atomic E-state index is 12.0. The van der Waals surface area contributed by atoms with E-state index in [-0.39, 0.29) is 12.5 Å². The molecule has 0 bridgehead atoms. The van der Waals surface area contributed by atoms with E-state index in [0.717, 1.165) is 44.2 Å². The maximum absolute atomic E-state index is 12.0. The van der Waals surface area contributed by atoms with Gasteiger partial charge in [0.25, 0.3) is 0 Å². The Morgan fingerprint density at radius 1 is 0.958 bits per heavy atom. The van der Waals surface area contributed by atoms with Gasteiger partial charge in [0.1, 0.15) is 0 Å². The van der Waals surface area contributed by atoms with Crippen molar-refractivity contribution in [2.24, 2.45) is 0 Å². The van der Waals surface area contributed by atoms with E-state index < -0.39 is 0 Å². The van der Waals surface area contributed by atoms with Crippen LogP contribution >= 0.6 is 0 Å². The molecule has 24 heavy (non-hydrogen) atoms. The van der Waals surface area contributed by atoms with Crippen LogP contribution in [0.4, 0.5) is 11.4 Å². The number of carbonyl (C=O) groups is 1. The van der Waals surface area contributed by atoms with E-state index in [1.807, 2.05) is 42.5 Å². The summed E-state index contributed by atoms with van der Waals surface area (Å²) in [4.78, 5) is 14.4. The van der Waals surface area contributed by atoms with Gasteiger partial charge in [-0.3, -0.25) is 9.69 Å². The third-order valence-corrected chi connectivity index (χ3v) is 3.97. The van der Waals surface area contributed by atoms with E-state index in [2.05, 4.69) is 27.7 Å². The smallest absolute Gasteiger partial charge is 0.243 e. The molecule has 1 aliphatic rings. The number of nitrogens with one attached hydrogen (secondary N) is 2. The van der Waals surface area contributed by atoms with Crippen LogP contribution in [0.5, 0.6) is 0 Å². The van der Waals surface area contributed by atoms with Crippen molar-refractivity contribution in [2.45, 2.75) is 6.54 Å². The molecular weight excluding hydrogens is 302 g/mol. The zero-order valence-corrected chi connectivity index (χ0v) is 13.7. The number of anilines is 2. The molecule has 0 radical (unpaired) electrons. The van der Waals surface area contributed by atoms with Gasteiger partial charge in [0.05, 0.1) is 19.8 Å². The molecule has 0 atom stereocenters. The summed E-state index contributed by atoms with van der Waals surface area (Å²) >= 11 is 0. The molecule has 5 heteroatoms. The van der Waals surface area contributed by atoms with Crippen LogP contribution in [0.3, 0.4) is 0 Å². The van der Waals surface area contributed by atoms with E-state index in [0.29, 0.717) is 0 Å². The third-order valence-electron chi connectivity index (χ3n) is 3.97. The SMILES string of the molecule is O=C(CNc1ccccc1)Nc1ccc(CN2CCOCC2)cc1. The van der Waals surface area contributed by atoms with Crippen LogP contribution in [0.2, 0.25) is 0 Å². The number of hydrogen-bond donors (Lipinski definition) is 2. The first-order valence-electron chi connectivity index (χ1n) is 8.27. The number of hydrogen-bond acceptors (Lipinski definition) is 4. The minimum atomic E-state index is -0.0558. The Morgan fingerprint density at radius 2 is 1.67 bits per heavy atom. The van der Waals surface area contributed by atoms with Crippen molar-refractivity contribution in [3.63, 3.8) is 0 Å². The Bertz CT molecular complexity index is 637. The summed E-state index contributed by atoms with van der Waals surface area (Å²) in [5.74, 6) is -0.0558. The van der Waals surface area contributed by atoms with Crippen molar-refractivity contribution in [1.82, 2.24) is 4.90 Å². The second-order valence-electron chi connectivity index (χ2n) is 5.85. The van der Waals surface area contributed by atoms with Gasteiger partial charge in [0.15, 0.2) is 0 Å². The lowest BCUT2D eigenvalue weighted by Gasteiger charge is -2.26. The fourth-order valence-electron chi connectivity index (χ4n) is 2.65. The number of para-hydroxylation sites is 1. The Balaban J connectivity index is 1.45. The Hall–Kier alpha value is -2.37. The molecule has 1 amide bonds. The second kappa shape index (κ2) is 8.47. The first-order chi connectivity index (χ1) is 11.8. The Kier molecular flexibility index (Phi) is 5.82. The van der Waals surface area contributed by atoms with Gasteiger partial charge in [-0.25, -0.2) is 0 Å². The minimum Gasteiger partial charge on any atom is -0.379 e. The van der Waals surface area contributed by atoms with Crippen LogP contribution in [-0.4, -0.2) is 43.7 Å². The zero-order chi connectivity index (χ0) is 16.6. The number of amides is 1. The number of carbonyl (C=O) groups excluding carboxylic acids is 1. The molecule has 5 nitrogen and oxygen atoms in total. The Morgan fingerprint density at radius 3 is 2.38 bits per heavy atom. The van der Waals surface area contributed by atoms with Crippen molar-refractivity contribution in [3.8, 4) is 0 Å². The van der Waals surface area contributed by atoms with E-state index in [1.165, 1.54) is 5.56 Å². The van der Waals surface area contributed by atoms with Crippen LogP contribution in [-0.2, 0) is 16.1 Å². The minimum absolute atomic E-state index is 0.0558. The molecule has 1 fully saturated rings. The first-order valence-corrected chi connectivity index (χ1v) is 8.27.